The van der Waals surface area contributed by atoms with Crippen LogP contribution in [0.3, 0.4) is 0 Å². The highest BCUT2D eigenvalue weighted by atomic mass is 16.5. The molecule has 0 aliphatic carbocycles. The Labute approximate surface area is 96.5 Å². The molecule has 0 radical (unpaired) electrons. The monoisotopic (exact) mass is 221 g/mol. The van der Waals surface area contributed by atoms with Crippen molar-refractivity contribution >= 4 is 0 Å². The second-order valence-corrected chi connectivity index (χ2v) is 4.42. The Morgan fingerprint density at radius 2 is 2.31 bits per heavy atom. The Morgan fingerprint density at radius 1 is 1.50 bits per heavy atom. The van der Waals surface area contributed by atoms with E-state index in [1.165, 1.54) is 0 Å². The van der Waals surface area contributed by atoms with Crippen molar-refractivity contribution in [3.63, 3.8) is 0 Å². The summed E-state index contributed by atoms with van der Waals surface area (Å²) < 4.78 is 11.2. The summed E-state index contributed by atoms with van der Waals surface area (Å²) in [5, 5.41) is 0. The van der Waals surface area contributed by atoms with E-state index in [0.29, 0.717) is 6.61 Å². The zero-order chi connectivity index (χ0) is 11.5. The number of rotatable bonds is 3. The fourth-order valence-corrected chi connectivity index (χ4v) is 1.87. The van der Waals surface area contributed by atoms with Gasteiger partial charge in [0, 0.05) is 12.5 Å². The van der Waals surface area contributed by atoms with Crippen molar-refractivity contribution in [2.24, 2.45) is 5.73 Å². The molecule has 1 aromatic carbocycles. The van der Waals surface area contributed by atoms with E-state index in [0.717, 1.165) is 29.9 Å². The Hall–Kier alpha value is -1.06. The first-order valence-electron chi connectivity index (χ1n) is 5.77. The molecule has 16 heavy (non-hydrogen) atoms. The minimum atomic E-state index is 0.0718. The quantitative estimate of drug-likeness (QED) is 0.850. The summed E-state index contributed by atoms with van der Waals surface area (Å²) in [4.78, 5) is 0. The van der Waals surface area contributed by atoms with E-state index in [4.69, 9.17) is 15.2 Å². The van der Waals surface area contributed by atoms with E-state index in [1.807, 2.05) is 19.1 Å². The molecule has 3 heteroatoms. The summed E-state index contributed by atoms with van der Waals surface area (Å²) in [5.74, 6) is 0.944. The molecular weight excluding hydrogens is 202 g/mol. The number of benzene rings is 1. The van der Waals surface area contributed by atoms with E-state index in [-0.39, 0.29) is 12.1 Å². The minimum absolute atomic E-state index is 0.0718. The third-order valence-electron chi connectivity index (χ3n) is 2.91. The average molecular weight is 221 g/mol. The summed E-state index contributed by atoms with van der Waals surface area (Å²) in [6, 6.07) is 6.20. The number of nitrogens with two attached hydrogens (primary N) is 1. The smallest absolute Gasteiger partial charge is 0.124 e. The molecule has 1 aliphatic rings. The molecule has 1 aliphatic heterocycles. The SMILES string of the molecule is Cc1cc(C(C)N)ccc1OC1CCOC1. The molecule has 2 atom stereocenters. The van der Waals surface area contributed by atoms with Crippen LogP contribution in [0.25, 0.3) is 0 Å². The summed E-state index contributed by atoms with van der Waals surface area (Å²) in [7, 11) is 0. The minimum Gasteiger partial charge on any atom is -0.488 e. The Bertz CT molecular complexity index is 357. The van der Waals surface area contributed by atoms with Gasteiger partial charge in [-0.1, -0.05) is 12.1 Å². The Balaban J connectivity index is 2.09. The zero-order valence-corrected chi connectivity index (χ0v) is 9.90. The van der Waals surface area contributed by atoms with Crippen LogP contribution in [0.15, 0.2) is 18.2 Å². The van der Waals surface area contributed by atoms with Crippen LogP contribution in [-0.4, -0.2) is 19.3 Å². The fraction of sp³-hybridized carbons (Fsp3) is 0.538. The van der Waals surface area contributed by atoms with Gasteiger partial charge in [-0.15, -0.1) is 0 Å². The molecule has 1 fully saturated rings. The van der Waals surface area contributed by atoms with Crippen LogP contribution in [-0.2, 0) is 4.74 Å². The summed E-state index contributed by atoms with van der Waals surface area (Å²) in [5.41, 5.74) is 8.12. The molecule has 0 aromatic heterocycles. The topological polar surface area (TPSA) is 44.5 Å². The van der Waals surface area contributed by atoms with Crippen LogP contribution in [0.4, 0.5) is 0 Å². The van der Waals surface area contributed by atoms with Crippen LogP contribution in [0.2, 0.25) is 0 Å². The van der Waals surface area contributed by atoms with Gasteiger partial charge in [-0.3, -0.25) is 0 Å². The third-order valence-corrected chi connectivity index (χ3v) is 2.91. The molecule has 0 spiro atoms. The van der Waals surface area contributed by atoms with E-state index in [9.17, 15) is 0 Å². The van der Waals surface area contributed by atoms with Crippen molar-refractivity contribution in [2.45, 2.75) is 32.4 Å². The van der Waals surface area contributed by atoms with Gasteiger partial charge in [-0.05, 0) is 31.0 Å². The van der Waals surface area contributed by atoms with Crippen LogP contribution < -0.4 is 10.5 Å². The summed E-state index contributed by atoms with van der Waals surface area (Å²) >= 11 is 0. The first kappa shape index (κ1) is 11.4. The van der Waals surface area contributed by atoms with Gasteiger partial charge in [0.05, 0.1) is 13.2 Å². The van der Waals surface area contributed by atoms with Gasteiger partial charge < -0.3 is 15.2 Å². The number of hydrogen-bond acceptors (Lipinski definition) is 3. The van der Waals surface area contributed by atoms with Crippen LogP contribution >= 0.6 is 0 Å². The predicted octanol–water partition coefficient (Wildman–Crippen LogP) is 2.18. The summed E-state index contributed by atoms with van der Waals surface area (Å²) in [6.45, 7) is 5.55. The molecule has 1 aromatic rings. The van der Waals surface area contributed by atoms with Crippen molar-refractivity contribution in [3.8, 4) is 5.75 Å². The second kappa shape index (κ2) is 4.85. The highest BCUT2D eigenvalue weighted by Crippen LogP contribution is 2.24. The molecule has 2 N–H and O–H groups in total. The first-order valence-corrected chi connectivity index (χ1v) is 5.77. The molecular formula is C13H19NO2. The van der Waals surface area contributed by atoms with Crippen molar-refractivity contribution in [2.75, 3.05) is 13.2 Å². The molecule has 1 saturated heterocycles. The molecule has 2 unspecified atom stereocenters. The van der Waals surface area contributed by atoms with Gasteiger partial charge in [0.1, 0.15) is 11.9 Å². The van der Waals surface area contributed by atoms with Gasteiger partial charge in [-0.2, -0.15) is 0 Å². The molecule has 0 bridgehead atoms. The average Bonchev–Trinajstić information content (AvgIpc) is 2.73. The largest absolute Gasteiger partial charge is 0.488 e. The standard InChI is InChI=1S/C13H19NO2/c1-9-7-11(10(2)14)3-4-13(9)16-12-5-6-15-8-12/h3-4,7,10,12H,5-6,8,14H2,1-2H3. The number of hydrogen-bond donors (Lipinski definition) is 1. The van der Waals surface area contributed by atoms with Gasteiger partial charge in [0.15, 0.2) is 0 Å². The Morgan fingerprint density at radius 3 is 2.88 bits per heavy atom. The van der Waals surface area contributed by atoms with Crippen LogP contribution in [0, 0.1) is 6.92 Å². The maximum atomic E-state index is 5.87. The van der Waals surface area contributed by atoms with Crippen molar-refractivity contribution in [1.82, 2.24) is 0 Å². The molecule has 88 valence electrons. The first-order chi connectivity index (χ1) is 7.66. The number of ether oxygens (including phenoxy) is 2. The maximum Gasteiger partial charge on any atom is 0.124 e. The lowest BCUT2D eigenvalue weighted by Gasteiger charge is -2.15. The Kier molecular flexibility index (Phi) is 3.46. The lowest BCUT2D eigenvalue weighted by Crippen LogP contribution is -2.16. The van der Waals surface area contributed by atoms with Crippen molar-refractivity contribution < 1.29 is 9.47 Å². The molecule has 2 rings (SSSR count). The molecule has 0 amide bonds. The summed E-state index contributed by atoms with van der Waals surface area (Å²) in [6.07, 6.45) is 1.19. The van der Waals surface area contributed by atoms with Gasteiger partial charge in [0.2, 0.25) is 0 Å². The van der Waals surface area contributed by atoms with Crippen molar-refractivity contribution in [3.05, 3.63) is 29.3 Å². The van der Waals surface area contributed by atoms with E-state index >= 15 is 0 Å². The van der Waals surface area contributed by atoms with E-state index in [1.54, 1.807) is 0 Å². The highest BCUT2D eigenvalue weighted by molar-refractivity contribution is 5.37. The van der Waals surface area contributed by atoms with Crippen LogP contribution in [0.1, 0.15) is 30.5 Å². The van der Waals surface area contributed by atoms with Gasteiger partial charge in [0.25, 0.3) is 0 Å². The van der Waals surface area contributed by atoms with Crippen molar-refractivity contribution in [1.29, 1.82) is 0 Å². The fourth-order valence-electron chi connectivity index (χ4n) is 1.87. The highest BCUT2D eigenvalue weighted by Gasteiger charge is 2.18. The van der Waals surface area contributed by atoms with Gasteiger partial charge >= 0.3 is 0 Å². The normalized spacial score (nSPS) is 22.1. The third kappa shape index (κ3) is 2.54. The molecule has 1 heterocycles. The zero-order valence-electron chi connectivity index (χ0n) is 9.90. The lowest BCUT2D eigenvalue weighted by molar-refractivity contribution is 0.141. The second-order valence-electron chi connectivity index (χ2n) is 4.42. The van der Waals surface area contributed by atoms with E-state index in [2.05, 4.69) is 13.0 Å². The van der Waals surface area contributed by atoms with E-state index < -0.39 is 0 Å². The number of aryl methyl sites for hydroxylation is 1. The van der Waals surface area contributed by atoms with Crippen LogP contribution in [0.5, 0.6) is 5.75 Å². The predicted molar refractivity (Wildman–Crippen MR) is 63.6 cm³/mol. The molecule has 0 saturated carbocycles. The lowest BCUT2D eigenvalue weighted by atomic mass is 10.1. The molecule has 3 nitrogen and oxygen atoms in total. The maximum absolute atomic E-state index is 5.87. The van der Waals surface area contributed by atoms with Gasteiger partial charge in [-0.25, -0.2) is 0 Å².